The van der Waals surface area contributed by atoms with E-state index in [2.05, 4.69) is 6.92 Å². The molecular weight excluding hydrogens is 216 g/mol. The number of methoxy groups -OCH3 is 1. The molecule has 0 radical (unpaired) electrons. The van der Waals surface area contributed by atoms with E-state index in [1.807, 2.05) is 0 Å². The van der Waals surface area contributed by atoms with E-state index in [4.69, 9.17) is 4.74 Å². The molecule has 3 heteroatoms. The molecule has 0 aromatic rings. The number of aliphatic hydroxyl groups excluding tert-OH is 1. The minimum atomic E-state index is -0.650. The molecule has 2 aliphatic carbocycles. The Labute approximate surface area is 104 Å². The summed E-state index contributed by atoms with van der Waals surface area (Å²) in [6.07, 6.45) is 6.97. The van der Waals surface area contributed by atoms with E-state index in [1.54, 1.807) is 7.11 Å². The molecule has 0 atom stereocenters. The fourth-order valence-electron chi connectivity index (χ4n) is 3.73. The lowest BCUT2D eigenvalue weighted by molar-refractivity contribution is -0.212. The van der Waals surface area contributed by atoms with Crippen molar-refractivity contribution in [2.45, 2.75) is 63.6 Å². The minimum Gasteiger partial charge on any atom is -0.396 e. The quantitative estimate of drug-likeness (QED) is 0.794. The Morgan fingerprint density at radius 3 is 2.24 bits per heavy atom. The largest absolute Gasteiger partial charge is 0.396 e. The molecule has 0 spiro atoms. The molecule has 0 aromatic carbocycles. The van der Waals surface area contributed by atoms with Crippen molar-refractivity contribution < 1.29 is 14.9 Å². The van der Waals surface area contributed by atoms with Gasteiger partial charge in [0.2, 0.25) is 0 Å². The van der Waals surface area contributed by atoms with Crippen LogP contribution in [0, 0.1) is 11.3 Å². The Balaban J connectivity index is 2.00. The van der Waals surface area contributed by atoms with Crippen LogP contribution in [0.25, 0.3) is 0 Å². The summed E-state index contributed by atoms with van der Waals surface area (Å²) in [7, 11) is 1.71. The molecule has 0 aromatic heterocycles. The Morgan fingerprint density at radius 1 is 1.24 bits per heavy atom. The van der Waals surface area contributed by atoms with Crippen LogP contribution >= 0.6 is 0 Å². The third-order valence-electron chi connectivity index (χ3n) is 5.37. The van der Waals surface area contributed by atoms with Crippen LogP contribution in [0.1, 0.15) is 51.9 Å². The number of aliphatic hydroxyl groups is 2. The molecule has 2 rings (SSSR count). The Hall–Kier alpha value is -0.120. The molecule has 3 nitrogen and oxygen atoms in total. The van der Waals surface area contributed by atoms with E-state index in [-0.39, 0.29) is 18.1 Å². The first kappa shape index (κ1) is 13.3. The molecule has 0 saturated heterocycles. The van der Waals surface area contributed by atoms with Crippen LogP contribution in [-0.2, 0) is 4.74 Å². The van der Waals surface area contributed by atoms with Crippen molar-refractivity contribution in [2.24, 2.45) is 11.3 Å². The normalized spacial score (nSPS) is 46.6. The average Bonchev–Trinajstić information content (AvgIpc) is 2.30. The van der Waals surface area contributed by atoms with Crippen LogP contribution in [-0.4, -0.2) is 35.6 Å². The van der Waals surface area contributed by atoms with E-state index in [9.17, 15) is 10.2 Å². The smallest absolute Gasteiger partial charge is 0.0727 e. The lowest BCUT2D eigenvalue weighted by Gasteiger charge is -2.57. The maximum atomic E-state index is 10.9. The van der Waals surface area contributed by atoms with Gasteiger partial charge >= 0.3 is 0 Å². The molecule has 0 amide bonds. The van der Waals surface area contributed by atoms with Gasteiger partial charge in [-0.2, -0.15) is 0 Å². The lowest BCUT2D eigenvalue weighted by Crippen LogP contribution is -2.61. The molecule has 0 unspecified atom stereocenters. The highest BCUT2D eigenvalue weighted by Crippen LogP contribution is 2.55. The highest BCUT2D eigenvalue weighted by Gasteiger charge is 2.58. The molecule has 0 heterocycles. The molecule has 0 aliphatic heterocycles. The lowest BCUT2D eigenvalue weighted by atomic mass is 9.53. The first-order valence-corrected chi connectivity index (χ1v) is 6.95. The molecule has 2 aliphatic rings. The number of ether oxygens (including phenoxy) is 1. The van der Waals surface area contributed by atoms with Gasteiger partial charge in [0.25, 0.3) is 0 Å². The maximum absolute atomic E-state index is 10.9. The van der Waals surface area contributed by atoms with E-state index < -0.39 is 5.60 Å². The predicted molar refractivity (Wildman–Crippen MR) is 66.7 cm³/mol. The summed E-state index contributed by atoms with van der Waals surface area (Å²) in [5.41, 5.74) is -0.936. The maximum Gasteiger partial charge on any atom is 0.0727 e. The zero-order valence-electron chi connectivity index (χ0n) is 11.1. The third-order valence-corrected chi connectivity index (χ3v) is 5.37. The Bertz CT molecular complexity index is 250. The summed E-state index contributed by atoms with van der Waals surface area (Å²) >= 11 is 0. The van der Waals surface area contributed by atoms with Crippen LogP contribution < -0.4 is 0 Å². The van der Waals surface area contributed by atoms with Crippen molar-refractivity contribution in [1.29, 1.82) is 0 Å². The van der Waals surface area contributed by atoms with Crippen molar-refractivity contribution in [2.75, 3.05) is 13.7 Å². The highest BCUT2D eigenvalue weighted by atomic mass is 16.5. The van der Waals surface area contributed by atoms with E-state index in [1.165, 1.54) is 6.42 Å². The Kier molecular flexibility index (Phi) is 3.81. The summed E-state index contributed by atoms with van der Waals surface area (Å²) in [5, 5.41) is 20.5. The zero-order valence-corrected chi connectivity index (χ0v) is 11.1. The summed E-state index contributed by atoms with van der Waals surface area (Å²) in [6.45, 7) is 2.32. The van der Waals surface area contributed by atoms with E-state index in [0.29, 0.717) is 0 Å². The first-order chi connectivity index (χ1) is 8.09. The second-order valence-corrected chi connectivity index (χ2v) is 6.09. The van der Waals surface area contributed by atoms with Gasteiger partial charge in [0, 0.05) is 12.5 Å². The Morgan fingerprint density at radius 2 is 1.82 bits per heavy atom. The van der Waals surface area contributed by atoms with Gasteiger partial charge in [0.1, 0.15) is 0 Å². The van der Waals surface area contributed by atoms with Crippen LogP contribution in [0.4, 0.5) is 0 Å². The first-order valence-electron chi connectivity index (χ1n) is 6.95. The van der Waals surface area contributed by atoms with Gasteiger partial charge in [-0.25, -0.2) is 0 Å². The second kappa shape index (κ2) is 4.87. The van der Waals surface area contributed by atoms with Gasteiger partial charge in [0.05, 0.1) is 18.3 Å². The molecule has 2 fully saturated rings. The van der Waals surface area contributed by atoms with Crippen molar-refractivity contribution in [3.05, 3.63) is 0 Å². The summed E-state index contributed by atoms with van der Waals surface area (Å²) < 4.78 is 5.30. The SMILES string of the molecule is CCC1CCC(O)(C2(CO)CC(OC)C2)CC1. The van der Waals surface area contributed by atoms with Gasteiger partial charge in [0.15, 0.2) is 0 Å². The fraction of sp³-hybridized carbons (Fsp3) is 1.00. The monoisotopic (exact) mass is 242 g/mol. The van der Waals surface area contributed by atoms with Crippen molar-refractivity contribution in [1.82, 2.24) is 0 Å². The molecule has 17 heavy (non-hydrogen) atoms. The predicted octanol–water partition coefficient (Wildman–Crippen LogP) is 2.11. The van der Waals surface area contributed by atoms with Gasteiger partial charge < -0.3 is 14.9 Å². The van der Waals surface area contributed by atoms with Crippen molar-refractivity contribution >= 4 is 0 Å². The molecule has 2 saturated carbocycles. The fourth-order valence-corrected chi connectivity index (χ4v) is 3.73. The van der Waals surface area contributed by atoms with Crippen LogP contribution in [0.2, 0.25) is 0 Å². The zero-order chi connectivity index (χ0) is 12.5. The summed E-state index contributed by atoms with van der Waals surface area (Å²) in [5.74, 6) is 0.768. The van der Waals surface area contributed by atoms with Gasteiger partial charge in [-0.3, -0.25) is 0 Å². The molecule has 0 bridgehead atoms. The standard InChI is InChI=1S/C14H26O3/c1-3-11-4-6-14(16,7-5-11)13(10-15)8-12(9-13)17-2/h11-12,15-16H,3-10H2,1-2H3. The molecule has 100 valence electrons. The van der Waals surface area contributed by atoms with Crippen molar-refractivity contribution in [3.63, 3.8) is 0 Å². The summed E-state index contributed by atoms with van der Waals surface area (Å²) in [4.78, 5) is 0. The minimum absolute atomic E-state index is 0.0974. The molecule has 2 N–H and O–H groups in total. The van der Waals surface area contributed by atoms with Crippen molar-refractivity contribution in [3.8, 4) is 0 Å². The average molecular weight is 242 g/mol. The third kappa shape index (κ3) is 2.13. The van der Waals surface area contributed by atoms with Crippen LogP contribution in [0.5, 0.6) is 0 Å². The van der Waals surface area contributed by atoms with Crippen LogP contribution in [0.15, 0.2) is 0 Å². The van der Waals surface area contributed by atoms with E-state index >= 15 is 0 Å². The topological polar surface area (TPSA) is 49.7 Å². The van der Waals surface area contributed by atoms with Gasteiger partial charge in [-0.1, -0.05) is 13.3 Å². The number of hydrogen-bond donors (Lipinski definition) is 2. The molecular formula is C14H26O3. The number of rotatable bonds is 4. The number of hydrogen-bond acceptors (Lipinski definition) is 3. The second-order valence-electron chi connectivity index (χ2n) is 6.09. The highest BCUT2D eigenvalue weighted by molar-refractivity contribution is 5.08. The van der Waals surface area contributed by atoms with Gasteiger partial charge in [-0.05, 0) is 44.4 Å². The van der Waals surface area contributed by atoms with Crippen LogP contribution in [0.3, 0.4) is 0 Å². The summed E-state index contributed by atoms with van der Waals surface area (Å²) in [6, 6.07) is 0. The van der Waals surface area contributed by atoms with Gasteiger partial charge in [-0.15, -0.1) is 0 Å². The van der Waals surface area contributed by atoms with E-state index in [0.717, 1.165) is 44.4 Å².